The van der Waals surface area contributed by atoms with Crippen LogP contribution in [0.25, 0.3) is 5.69 Å². The fraction of sp³-hybridized carbons (Fsp3) is 0.389. The summed E-state index contributed by atoms with van der Waals surface area (Å²) in [6.07, 6.45) is 1.44. The largest absolute Gasteiger partial charge is 0.369 e. The van der Waals surface area contributed by atoms with Crippen LogP contribution in [-0.4, -0.2) is 15.4 Å². The molecule has 0 bridgehead atoms. The van der Waals surface area contributed by atoms with Gasteiger partial charge in [0.15, 0.2) is 5.49 Å². The Bertz CT molecular complexity index is 858. The molecule has 1 aliphatic heterocycles. The number of aryl methyl sites for hydroxylation is 1. The first-order valence-corrected chi connectivity index (χ1v) is 7.79. The quantitative estimate of drug-likeness (QED) is 0.926. The summed E-state index contributed by atoms with van der Waals surface area (Å²) in [7, 11) is 0. The summed E-state index contributed by atoms with van der Waals surface area (Å²) < 4.78 is 7.40. The smallest absolute Gasteiger partial charge is 0.165 e. The lowest BCUT2D eigenvalue weighted by Gasteiger charge is -2.32. The van der Waals surface area contributed by atoms with E-state index in [0.717, 1.165) is 28.9 Å². The molecule has 118 valence electrons. The van der Waals surface area contributed by atoms with Gasteiger partial charge in [-0.05, 0) is 31.9 Å². The topological polar surface area (TPSA) is 74.7 Å². The molecule has 5 heteroatoms. The maximum atomic E-state index is 9.59. The van der Waals surface area contributed by atoms with Gasteiger partial charge in [0.05, 0.1) is 23.6 Å². The van der Waals surface area contributed by atoms with Crippen molar-refractivity contribution in [1.82, 2.24) is 9.78 Å². The van der Waals surface area contributed by atoms with E-state index in [0.29, 0.717) is 18.6 Å². The average molecular weight is 308 g/mol. The predicted molar refractivity (Wildman–Crippen MR) is 86.1 cm³/mol. The van der Waals surface area contributed by atoms with Gasteiger partial charge in [-0.2, -0.15) is 10.4 Å². The van der Waals surface area contributed by atoms with Crippen LogP contribution in [0.1, 0.15) is 43.2 Å². The van der Waals surface area contributed by atoms with Crippen LogP contribution >= 0.6 is 0 Å². The molecule has 0 radical (unpaired) electrons. The minimum Gasteiger partial charge on any atom is -0.369 e. The second-order valence-corrected chi connectivity index (χ2v) is 6.38. The molecule has 0 saturated carbocycles. The highest BCUT2D eigenvalue weighted by Gasteiger charge is 2.30. The monoisotopic (exact) mass is 308 g/mol. The number of benzene rings is 1. The molecule has 2 aromatic rings. The summed E-state index contributed by atoms with van der Waals surface area (Å²) in [5.41, 5.74) is 3.76. The standard InChI is InChI=1S/C18H20N4O/c1-4-12-7-5-6-8-16(12)22-17(20)14(10-19)13-9-18(2,3)23-11-15(13)21-22/h5-8,20H,4,9,11H2,1-3H3. The Labute approximate surface area is 135 Å². The molecule has 1 aromatic carbocycles. The van der Waals surface area contributed by atoms with Crippen LogP contribution in [0, 0.1) is 16.7 Å². The van der Waals surface area contributed by atoms with E-state index in [2.05, 4.69) is 18.1 Å². The van der Waals surface area contributed by atoms with Gasteiger partial charge < -0.3 is 4.74 Å². The van der Waals surface area contributed by atoms with E-state index >= 15 is 0 Å². The number of aromatic nitrogens is 2. The van der Waals surface area contributed by atoms with Gasteiger partial charge in [0.1, 0.15) is 11.6 Å². The molecule has 0 amide bonds. The maximum Gasteiger partial charge on any atom is 0.165 e. The fourth-order valence-electron chi connectivity index (χ4n) is 2.98. The Kier molecular flexibility index (Phi) is 3.78. The molecule has 5 nitrogen and oxygen atoms in total. The van der Waals surface area contributed by atoms with Gasteiger partial charge in [-0.25, -0.2) is 4.68 Å². The number of nitrogens with one attached hydrogen (secondary N) is 1. The normalized spacial score (nSPS) is 15.7. The molecule has 0 aliphatic carbocycles. The van der Waals surface area contributed by atoms with Crippen molar-refractivity contribution in [2.45, 2.75) is 45.8 Å². The van der Waals surface area contributed by atoms with Gasteiger partial charge in [-0.1, -0.05) is 25.1 Å². The summed E-state index contributed by atoms with van der Waals surface area (Å²) in [6, 6.07) is 10.1. The third kappa shape index (κ3) is 2.66. The molecule has 23 heavy (non-hydrogen) atoms. The van der Waals surface area contributed by atoms with Crippen molar-refractivity contribution < 1.29 is 4.74 Å². The first-order valence-electron chi connectivity index (χ1n) is 7.79. The molecule has 2 heterocycles. The first kappa shape index (κ1) is 15.4. The number of ether oxygens (including phenoxy) is 1. The summed E-state index contributed by atoms with van der Waals surface area (Å²) in [4.78, 5) is 0. The fourth-order valence-corrected chi connectivity index (χ4v) is 2.98. The molecule has 1 N–H and O–H groups in total. The zero-order chi connectivity index (χ0) is 16.6. The van der Waals surface area contributed by atoms with E-state index in [1.54, 1.807) is 4.68 Å². The molecule has 0 atom stereocenters. The Morgan fingerprint density at radius 3 is 2.83 bits per heavy atom. The number of hydrogen-bond donors (Lipinski definition) is 1. The van der Waals surface area contributed by atoms with Gasteiger partial charge in [-0.3, -0.25) is 5.41 Å². The minimum atomic E-state index is -0.333. The highest BCUT2D eigenvalue weighted by molar-refractivity contribution is 5.45. The van der Waals surface area contributed by atoms with Gasteiger partial charge in [-0.15, -0.1) is 0 Å². The lowest BCUT2D eigenvalue weighted by atomic mass is 9.92. The first-order chi connectivity index (χ1) is 11.0. The van der Waals surface area contributed by atoms with Crippen molar-refractivity contribution >= 4 is 0 Å². The Hall–Kier alpha value is -2.45. The van der Waals surface area contributed by atoms with Crippen LogP contribution in [0.5, 0.6) is 0 Å². The van der Waals surface area contributed by atoms with Gasteiger partial charge in [0, 0.05) is 12.0 Å². The van der Waals surface area contributed by atoms with E-state index in [1.165, 1.54) is 0 Å². The second-order valence-electron chi connectivity index (χ2n) is 6.38. The number of nitriles is 1. The van der Waals surface area contributed by atoms with Crippen LogP contribution in [0.2, 0.25) is 0 Å². The average Bonchev–Trinajstić information content (AvgIpc) is 2.54. The minimum absolute atomic E-state index is 0.143. The number of hydrogen-bond acceptors (Lipinski definition) is 4. The highest BCUT2D eigenvalue weighted by Crippen LogP contribution is 2.28. The number of para-hydroxylation sites is 1. The van der Waals surface area contributed by atoms with Crippen LogP contribution in [0.15, 0.2) is 24.3 Å². The zero-order valence-corrected chi connectivity index (χ0v) is 13.7. The number of rotatable bonds is 2. The van der Waals surface area contributed by atoms with Crippen molar-refractivity contribution in [2.24, 2.45) is 0 Å². The predicted octanol–water partition coefficient (Wildman–Crippen LogP) is 2.64. The van der Waals surface area contributed by atoms with Crippen LogP contribution in [-0.2, 0) is 24.2 Å². The highest BCUT2D eigenvalue weighted by atomic mass is 16.5. The van der Waals surface area contributed by atoms with Gasteiger partial charge in [0.25, 0.3) is 0 Å². The molecule has 0 spiro atoms. The van der Waals surface area contributed by atoms with E-state index in [1.807, 2.05) is 38.1 Å². The van der Waals surface area contributed by atoms with Crippen molar-refractivity contribution in [1.29, 1.82) is 10.7 Å². The molecule has 1 aliphatic rings. The number of nitrogens with zero attached hydrogens (tertiary/aromatic N) is 3. The van der Waals surface area contributed by atoms with Crippen molar-refractivity contribution in [3.8, 4) is 11.8 Å². The SMILES string of the molecule is CCc1ccccc1-n1nc2c(c(C#N)c1=N)CC(C)(C)OC2. The summed E-state index contributed by atoms with van der Waals surface area (Å²) >= 11 is 0. The third-order valence-electron chi connectivity index (χ3n) is 4.23. The Balaban J connectivity index is 2.26. The number of fused-ring (bicyclic) bond motifs is 1. The van der Waals surface area contributed by atoms with E-state index in [-0.39, 0.29) is 11.1 Å². The van der Waals surface area contributed by atoms with Crippen molar-refractivity contribution in [2.75, 3.05) is 0 Å². The molecule has 3 rings (SSSR count). The summed E-state index contributed by atoms with van der Waals surface area (Å²) in [6.45, 7) is 6.42. The molecule has 0 saturated heterocycles. The summed E-state index contributed by atoms with van der Waals surface area (Å²) in [5.74, 6) is 0. The second kappa shape index (κ2) is 5.64. The van der Waals surface area contributed by atoms with Crippen molar-refractivity contribution in [3.63, 3.8) is 0 Å². The molecule has 1 aromatic heterocycles. The zero-order valence-electron chi connectivity index (χ0n) is 13.7. The van der Waals surface area contributed by atoms with E-state index in [9.17, 15) is 5.26 Å². The molecule has 0 fully saturated rings. The van der Waals surface area contributed by atoms with E-state index in [4.69, 9.17) is 10.1 Å². The van der Waals surface area contributed by atoms with Crippen LogP contribution in [0.4, 0.5) is 0 Å². The molecular weight excluding hydrogens is 288 g/mol. The lowest BCUT2D eigenvalue weighted by molar-refractivity contribution is -0.0428. The molecule has 0 unspecified atom stereocenters. The third-order valence-corrected chi connectivity index (χ3v) is 4.23. The lowest BCUT2D eigenvalue weighted by Crippen LogP contribution is -2.37. The Morgan fingerprint density at radius 2 is 2.13 bits per heavy atom. The van der Waals surface area contributed by atoms with Crippen molar-refractivity contribution in [3.05, 3.63) is 52.1 Å². The van der Waals surface area contributed by atoms with Gasteiger partial charge in [0.2, 0.25) is 0 Å². The summed E-state index contributed by atoms with van der Waals surface area (Å²) in [5, 5.41) is 22.7. The Morgan fingerprint density at radius 1 is 1.39 bits per heavy atom. The molecular formula is C18H20N4O. The maximum absolute atomic E-state index is 9.59. The van der Waals surface area contributed by atoms with Crippen LogP contribution in [0.3, 0.4) is 0 Å². The van der Waals surface area contributed by atoms with E-state index < -0.39 is 0 Å². The van der Waals surface area contributed by atoms with Gasteiger partial charge >= 0.3 is 0 Å². The van der Waals surface area contributed by atoms with Crippen LogP contribution < -0.4 is 5.49 Å².